The zero-order valence-electron chi connectivity index (χ0n) is 16.1. The summed E-state index contributed by atoms with van der Waals surface area (Å²) in [5.74, 6) is -0.474. The lowest BCUT2D eigenvalue weighted by Gasteiger charge is -2.10. The van der Waals surface area contributed by atoms with Crippen LogP contribution in [0.4, 0.5) is 11.5 Å². The summed E-state index contributed by atoms with van der Waals surface area (Å²) in [4.78, 5) is 26.3. The van der Waals surface area contributed by atoms with Crippen molar-refractivity contribution < 1.29 is 9.59 Å². The third-order valence-corrected chi connectivity index (χ3v) is 5.01. The molecule has 0 unspecified atom stereocenters. The Bertz CT molecular complexity index is 1210. The average Bonchev–Trinajstić information content (AvgIpc) is 3.06. The minimum atomic E-state index is -0.334. The molecule has 0 saturated heterocycles. The summed E-state index contributed by atoms with van der Waals surface area (Å²) in [6, 6.07) is 23.8. The summed E-state index contributed by atoms with van der Waals surface area (Å²) in [5, 5.41) is 3.60. The Hall–Kier alpha value is -3.86. The van der Waals surface area contributed by atoms with Crippen LogP contribution < -0.4 is 11.1 Å². The summed E-state index contributed by atoms with van der Waals surface area (Å²) >= 11 is 0. The third kappa shape index (κ3) is 3.27. The fraction of sp³-hybridized carbons (Fsp3) is 0.0833. The van der Waals surface area contributed by atoms with Gasteiger partial charge in [0.15, 0.2) is 0 Å². The second kappa shape index (κ2) is 7.64. The number of aromatic nitrogens is 1. The van der Waals surface area contributed by atoms with Crippen LogP contribution in [-0.4, -0.2) is 16.4 Å². The second-order valence-corrected chi connectivity index (χ2v) is 6.75. The predicted molar refractivity (Wildman–Crippen MR) is 116 cm³/mol. The normalized spacial score (nSPS) is 10.8. The molecular formula is C24H21N3O2. The van der Waals surface area contributed by atoms with E-state index in [4.69, 9.17) is 5.73 Å². The van der Waals surface area contributed by atoms with Crippen LogP contribution in [0.3, 0.4) is 0 Å². The molecule has 1 aromatic heterocycles. The van der Waals surface area contributed by atoms with Gasteiger partial charge in [0.05, 0.1) is 11.1 Å². The molecule has 4 rings (SSSR count). The quantitative estimate of drug-likeness (QED) is 0.535. The van der Waals surface area contributed by atoms with Crippen molar-refractivity contribution in [1.29, 1.82) is 0 Å². The maximum Gasteiger partial charge on any atom is 0.263 e. The number of hydrogen-bond donors (Lipinski definition) is 2. The highest BCUT2D eigenvalue weighted by Crippen LogP contribution is 2.30. The number of benzene rings is 3. The van der Waals surface area contributed by atoms with E-state index in [9.17, 15) is 9.59 Å². The number of anilines is 2. The van der Waals surface area contributed by atoms with Gasteiger partial charge in [-0.1, -0.05) is 61.5 Å². The summed E-state index contributed by atoms with van der Waals surface area (Å²) in [6.07, 6.45) is 0.792. The molecule has 0 bridgehead atoms. The molecule has 144 valence electrons. The zero-order chi connectivity index (χ0) is 20.4. The largest absolute Gasteiger partial charge is 0.384 e. The standard InChI is InChI=1S/C24H21N3O2/c1-2-16-10-6-8-14-19(16)26-23(28)21-18-13-7-9-15-20(18)27(22(21)25)24(29)17-11-4-3-5-12-17/h3-15H,2,25H2,1H3,(H,26,28). The first-order valence-electron chi connectivity index (χ1n) is 9.49. The second-order valence-electron chi connectivity index (χ2n) is 6.75. The van der Waals surface area contributed by atoms with E-state index in [1.165, 1.54) is 4.57 Å². The molecule has 0 atom stereocenters. The van der Waals surface area contributed by atoms with Crippen molar-refractivity contribution in [3.63, 3.8) is 0 Å². The van der Waals surface area contributed by atoms with Crippen LogP contribution in [0.5, 0.6) is 0 Å². The topological polar surface area (TPSA) is 77.1 Å². The Balaban J connectivity index is 1.83. The van der Waals surface area contributed by atoms with E-state index in [1.54, 1.807) is 36.4 Å². The lowest BCUT2D eigenvalue weighted by atomic mass is 10.1. The minimum Gasteiger partial charge on any atom is -0.384 e. The number of fused-ring (bicyclic) bond motifs is 1. The Morgan fingerprint density at radius 3 is 2.31 bits per heavy atom. The van der Waals surface area contributed by atoms with Gasteiger partial charge in [-0.3, -0.25) is 14.2 Å². The number of amides is 1. The smallest absolute Gasteiger partial charge is 0.263 e. The first-order valence-corrected chi connectivity index (χ1v) is 9.49. The maximum absolute atomic E-state index is 13.2. The highest BCUT2D eigenvalue weighted by atomic mass is 16.2. The molecule has 0 spiro atoms. The molecule has 0 radical (unpaired) electrons. The van der Waals surface area contributed by atoms with Crippen molar-refractivity contribution in [2.24, 2.45) is 0 Å². The summed E-state index contributed by atoms with van der Waals surface area (Å²) in [7, 11) is 0. The highest BCUT2D eigenvalue weighted by molar-refractivity contribution is 6.20. The Morgan fingerprint density at radius 2 is 1.55 bits per heavy atom. The number of carbonyl (C=O) groups is 2. The number of carbonyl (C=O) groups excluding carboxylic acids is 2. The number of aryl methyl sites for hydroxylation is 1. The van der Waals surface area contributed by atoms with Crippen LogP contribution in [0.15, 0.2) is 78.9 Å². The number of rotatable bonds is 4. The van der Waals surface area contributed by atoms with Gasteiger partial charge in [0.25, 0.3) is 11.8 Å². The maximum atomic E-state index is 13.2. The van der Waals surface area contributed by atoms with E-state index in [0.29, 0.717) is 22.0 Å². The molecule has 0 fully saturated rings. The highest BCUT2D eigenvalue weighted by Gasteiger charge is 2.24. The number of nitrogens with two attached hydrogens (primary N) is 1. The van der Waals surface area contributed by atoms with E-state index in [-0.39, 0.29) is 17.6 Å². The van der Waals surface area contributed by atoms with Gasteiger partial charge >= 0.3 is 0 Å². The predicted octanol–water partition coefficient (Wildman–Crippen LogP) is 4.73. The molecule has 1 heterocycles. The van der Waals surface area contributed by atoms with Crippen molar-refractivity contribution in [1.82, 2.24) is 4.57 Å². The summed E-state index contributed by atoms with van der Waals surface area (Å²) in [6.45, 7) is 2.03. The SMILES string of the molecule is CCc1ccccc1NC(=O)c1c(N)n(C(=O)c2ccccc2)c2ccccc12. The van der Waals surface area contributed by atoms with Crippen LogP contribution in [0, 0.1) is 0 Å². The number of nitrogen functional groups attached to an aromatic ring is 1. The molecular weight excluding hydrogens is 362 g/mol. The van der Waals surface area contributed by atoms with Crippen LogP contribution in [-0.2, 0) is 6.42 Å². The van der Waals surface area contributed by atoms with Gasteiger partial charge in [-0.2, -0.15) is 0 Å². The molecule has 29 heavy (non-hydrogen) atoms. The van der Waals surface area contributed by atoms with Crippen molar-refractivity contribution >= 4 is 34.2 Å². The fourth-order valence-corrected chi connectivity index (χ4v) is 3.56. The van der Waals surface area contributed by atoms with Gasteiger partial charge in [0.2, 0.25) is 0 Å². The summed E-state index contributed by atoms with van der Waals surface area (Å²) < 4.78 is 1.41. The minimum absolute atomic E-state index is 0.131. The molecule has 3 aromatic carbocycles. The van der Waals surface area contributed by atoms with E-state index >= 15 is 0 Å². The number of para-hydroxylation sites is 2. The summed E-state index contributed by atoms with van der Waals surface area (Å²) in [5.41, 5.74) is 9.54. The van der Waals surface area contributed by atoms with Crippen molar-refractivity contribution in [3.8, 4) is 0 Å². The van der Waals surface area contributed by atoms with Gasteiger partial charge in [0, 0.05) is 16.6 Å². The van der Waals surface area contributed by atoms with Crippen LogP contribution >= 0.6 is 0 Å². The molecule has 0 aliphatic rings. The average molecular weight is 383 g/mol. The number of hydrogen-bond acceptors (Lipinski definition) is 3. The molecule has 1 amide bonds. The van der Waals surface area contributed by atoms with Gasteiger partial charge in [-0.15, -0.1) is 0 Å². The van der Waals surface area contributed by atoms with Gasteiger partial charge in [-0.05, 0) is 36.2 Å². The molecule has 0 aliphatic heterocycles. The van der Waals surface area contributed by atoms with E-state index in [2.05, 4.69) is 5.32 Å². The van der Waals surface area contributed by atoms with Crippen molar-refractivity contribution in [2.45, 2.75) is 13.3 Å². The first-order chi connectivity index (χ1) is 14.1. The molecule has 5 heteroatoms. The van der Waals surface area contributed by atoms with Gasteiger partial charge in [-0.25, -0.2) is 0 Å². The fourth-order valence-electron chi connectivity index (χ4n) is 3.56. The van der Waals surface area contributed by atoms with Gasteiger partial charge < -0.3 is 11.1 Å². The number of nitrogens with one attached hydrogen (secondary N) is 1. The lowest BCUT2D eigenvalue weighted by Crippen LogP contribution is -2.18. The van der Waals surface area contributed by atoms with E-state index in [0.717, 1.165) is 17.7 Å². The monoisotopic (exact) mass is 383 g/mol. The van der Waals surface area contributed by atoms with Crippen LogP contribution in [0.1, 0.15) is 33.2 Å². The van der Waals surface area contributed by atoms with Crippen LogP contribution in [0.2, 0.25) is 0 Å². The molecule has 5 nitrogen and oxygen atoms in total. The zero-order valence-corrected chi connectivity index (χ0v) is 16.1. The first kappa shape index (κ1) is 18.5. The van der Waals surface area contributed by atoms with E-state index in [1.807, 2.05) is 49.4 Å². The van der Waals surface area contributed by atoms with Crippen molar-refractivity contribution in [2.75, 3.05) is 11.1 Å². The van der Waals surface area contributed by atoms with Gasteiger partial charge in [0.1, 0.15) is 5.82 Å². The molecule has 0 saturated carbocycles. The molecule has 0 aliphatic carbocycles. The third-order valence-electron chi connectivity index (χ3n) is 5.01. The van der Waals surface area contributed by atoms with Crippen molar-refractivity contribution in [3.05, 3.63) is 95.6 Å². The lowest BCUT2D eigenvalue weighted by molar-refractivity contribution is 0.0967. The molecule has 3 N–H and O–H groups in total. The molecule has 4 aromatic rings. The Morgan fingerprint density at radius 1 is 0.897 bits per heavy atom. The Kier molecular flexibility index (Phi) is 4.87. The van der Waals surface area contributed by atoms with E-state index < -0.39 is 0 Å². The number of nitrogens with zero attached hydrogens (tertiary/aromatic N) is 1. The van der Waals surface area contributed by atoms with Crippen LogP contribution in [0.25, 0.3) is 10.9 Å². The Labute approximate surface area is 168 Å².